The summed E-state index contributed by atoms with van der Waals surface area (Å²) in [6, 6.07) is 19.2. The molecule has 0 atom stereocenters. The Morgan fingerprint density at radius 1 is 1.04 bits per heavy atom. The second-order valence-electron chi connectivity index (χ2n) is 6.47. The monoisotopic (exact) mass is 349 g/mol. The lowest BCUT2D eigenvalue weighted by atomic mass is 10.0. The molecule has 0 aliphatic heterocycles. The van der Waals surface area contributed by atoms with E-state index in [4.69, 9.17) is 9.15 Å². The van der Waals surface area contributed by atoms with Crippen molar-refractivity contribution in [3.63, 3.8) is 0 Å². The van der Waals surface area contributed by atoms with E-state index in [1.165, 1.54) is 5.56 Å². The molecule has 3 rings (SSSR count). The number of rotatable bonds is 7. The predicted octanol–water partition coefficient (Wildman–Crippen LogP) is 4.91. The van der Waals surface area contributed by atoms with E-state index in [1.54, 1.807) is 24.5 Å². The average Bonchev–Trinajstić information content (AvgIpc) is 3.19. The van der Waals surface area contributed by atoms with Gasteiger partial charge in [0.1, 0.15) is 18.1 Å². The van der Waals surface area contributed by atoms with Gasteiger partial charge in [0.15, 0.2) is 0 Å². The van der Waals surface area contributed by atoms with Crippen LogP contribution in [0.5, 0.6) is 5.75 Å². The zero-order valence-corrected chi connectivity index (χ0v) is 15.1. The molecule has 4 nitrogen and oxygen atoms in total. The number of carbonyl (C=O) groups is 1. The van der Waals surface area contributed by atoms with Gasteiger partial charge in [-0.25, -0.2) is 0 Å². The van der Waals surface area contributed by atoms with Crippen LogP contribution < -0.4 is 10.1 Å². The van der Waals surface area contributed by atoms with E-state index in [9.17, 15) is 4.79 Å². The molecule has 0 unspecified atom stereocenters. The van der Waals surface area contributed by atoms with Gasteiger partial charge in [0.2, 0.25) is 0 Å². The highest BCUT2D eigenvalue weighted by molar-refractivity contribution is 5.94. The van der Waals surface area contributed by atoms with Gasteiger partial charge in [0.25, 0.3) is 5.91 Å². The SMILES string of the molecule is CC(C)c1ccc(OCc2ccc(C(=O)NCc3ccco3)cc2)cc1. The fourth-order valence-corrected chi connectivity index (χ4v) is 2.55. The van der Waals surface area contributed by atoms with Crippen molar-refractivity contribution < 1.29 is 13.9 Å². The van der Waals surface area contributed by atoms with Gasteiger partial charge in [-0.1, -0.05) is 38.1 Å². The molecular formula is C22H23NO3. The molecule has 0 aliphatic carbocycles. The largest absolute Gasteiger partial charge is 0.489 e. The Labute approximate surface area is 153 Å². The van der Waals surface area contributed by atoms with Gasteiger partial charge in [-0.3, -0.25) is 4.79 Å². The number of benzene rings is 2. The highest BCUT2D eigenvalue weighted by Gasteiger charge is 2.06. The quantitative estimate of drug-likeness (QED) is 0.659. The third-order valence-corrected chi connectivity index (χ3v) is 4.17. The zero-order chi connectivity index (χ0) is 18.4. The maximum Gasteiger partial charge on any atom is 0.251 e. The summed E-state index contributed by atoms with van der Waals surface area (Å²) in [7, 11) is 0. The minimum absolute atomic E-state index is 0.127. The maximum atomic E-state index is 12.1. The molecule has 3 aromatic rings. The van der Waals surface area contributed by atoms with Crippen molar-refractivity contribution in [1.29, 1.82) is 0 Å². The summed E-state index contributed by atoms with van der Waals surface area (Å²) in [6.07, 6.45) is 1.59. The summed E-state index contributed by atoms with van der Waals surface area (Å²) in [5.74, 6) is 1.95. The first kappa shape index (κ1) is 17.8. The van der Waals surface area contributed by atoms with E-state index < -0.39 is 0 Å². The van der Waals surface area contributed by atoms with Gasteiger partial charge in [0, 0.05) is 5.56 Å². The Morgan fingerprint density at radius 2 is 1.77 bits per heavy atom. The van der Waals surface area contributed by atoms with Crippen molar-refractivity contribution in [3.8, 4) is 5.75 Å². The fraction of sp³-hybridized carbons (Fsp3) is 0.227. The molecule has 0 radical (unpaired) electrons. The van der Waals surface area contributed by atoms with Gasteiger partial charge in [-0.15, -0.1) is 0 Å². The first-order valence-corrected chi connectivity index (χ1v) is 8.74. The van der Waals surface area contributed by atoms with Gasteiger partial charge in [0.05, 0.1) is 12.8 Å². The van der Waals surface area contributed by atoms with Crippen LogP contribution in [0.4, 0.5) is 0 Å². The van der Waals surface area contributed by atoms with Crippen molar-refractivity contribution in [2.24, 2.45) is 0 Å². The van der Waals surface area contributed by atoms with Crippen LogP contribution in [0.1, 0.15) is 47.0 Å². The van der Waals surface area contributed by atoms with E-state index in [0.29, 0.717) is 24.6 Å². The lowest BCUT2D eigenvalue weighted by Gasteiger charge is -2.09. The van der Waals surface area contributed by atoms with Crippen LogP contribution in [-0.2, 0) is 13.2 Å². The van der Waals surface area contributed by atoms with E-state index in [-0.39, 0.29) is 5.91 Å². The molecule has 134 valence electrons. The van der Waals surface area contributed by atoms with Gasteiger partial charge < -0.3 is 14.5 Å². The minimum Gasteiger partial charge on any atom is -0.489 e. The molecule has 0 bridgehead atoms. The number of amides is 1. The van der Waals surface area contributed by atoms with Crippen molar-refractivity contribution in [2.75, 3.05) is 0 Å². The molecule has 1 N–H and O–H groups in total. The summed E-state index contributed by atoms with van der Waals surface area (Å²) in [4.78, 5) is 12.1. The number of ether oxygens (including phenoxy) is 1. The van der Waals surface area contributed by atoms with Gasteiger partial charge >= 0.3 is 0 Å². The molecule has 26 heavy (non-hydrogen) atoms. The first-order chi connectivity index (χ1) is 12.6. The minimum atomic E-state index is -0.127. The number of carbonyl (C=O) groups excluding carboxylic acids is 1. The highest BCUT2D eigenvalue weighted by Crippen LogP contribution is 2.19. The van der Waals surface area contributed by atoms with Crippen LogP contribution in [0.25, 0.3) is 0 Å². The highest BCUT2D eigenvalue weighted by atomic mass is 16.5. The number of hydrogen-bond donors (Lipinski definition) is 1. The molecule has 1 heterocycles. The van der Waals surface area contributed by atoms with Crippen LogP contribution >= 0.6 is 0 Å². The standard InChI is InChI=1S/C22H23NO3/c1-16(2)18-9-11-20(12-10-18)26-15-17-5-7-19(8-6-17)22(24)23-14-21-4-3-13-25-21/h3-13,16H,14-15H2,1-2H3,(H,23,24). The normalized spacial score (nSPS) is 10.7. The molecule has 4 heteroatoms. The molecule has 2 aromatic carbocycles. The molecular weight excluding hydrogens is 326 g/mol. The van der Waals surface area contributed by atoms with E-state index in [2.05, 4.69) is 31.3 Å². The van der Waals surface area contributed by atoms with Crippen molar-refractivity contribution in [3.05, 3.63) is 89.4 Å². The van der Waals surface area contributed by atoms with E-state index in [0.717, 1.165) is 17.1 Å². The van der Waals surface area contributed by atoms with Crippen LogP contribution in [0.3, 0.4) is 0 Å². The molecule has 0 saturated carbocycles. The molecule has 1 aromatic heterocycles. The van der Waals surface area contributed by atoms with Crippen LogP contribution in [0, 0.1) is 0 Å². The number of furan rings is 1. The van der Waals surface area contributed by atoms with Gasteiger partial charge in [-0.2, -0.15) is 0 Å². The Kier molecular flexibility index (Phi) is 5.74. The smallest absolute Gasteiger partial charge is 0.251 e. The van der Waals surface area contributed by atoms with E-state index in [1.807, 2.05) is 30.3 Å². The number of nitrogens with one attached hydrogen (secondary N) is 1. The molecule has 0 spiro atoms. The summed E-state index contributed by atoms with van der Waals surface area (Å²) in [5, 5.41) is 2.83. The van der Waals surface area contributed by atoms with Gasteiger partial charge in [-0.05, 0) is 53.4 Å². The first-order valence-electron chi connectivity index (χ1n) is 8.74. The second kappa shape index (κ2) is 8.39. The third kappa shape index (κ3) is 4.76. The van der Waals surface area contributed by atoms with Crippen molar-refractivity contribution >= 4 is 5.91 Å². The number of hydrogen-bond acceptors (Lipinski definition) is 3. The molecule has 0 fully saturated rings. The summed E-state index contributed by atoms with van der Waals surface area (Å²) >= 11 is 0. The topological polar surface area (TPSA) is 51.5 Å². The Bertz CT molecular complexity index is 819. The van der Waals surface area contributed by atoms with Crippen LogP contribution in [0.15, 0.2) is 71.3 Å². The van der Waals surface area contributed by atoms with Crippen molar-refractivity contribution in [1.82, 2.24) is 5.32 Å². The summed E-state index contributed by atoms with van der Waals surface area (Å²) < 4.78 is 11.0. The third-order valence-electron chi connectivity index (χ3n) is 4.17. The Balaban J connectivity index is 1.51. The van der Waals surface area contributed by atoms with Crippen LogP contribution in [0.2, 0.25) is 0 Å². The van der Waals surface area contributed by atoms with E-state index >= 15 is 0 Å². The molecule has 0 aliphatic rings. The Morgan fingerprint density at radius 3 is 2.38 bits per heavy atom. The van der Waals surface area contributed by atoms with Crippen molar-refractivity contribution in [2.45, 2.75) is 32.9 Å². The lowest BCUT2D eigenvalue weighted by molar-refractivity contribution is 0.0948. The second-order valence-corrected chi connectivity index (χ2v) is 6.47. The fourth-order valence-electron chi connectivity index (χ4n) is 2.55. The summed E-state index contributed by atoms with van der Waals surface area (Å²) in [5.41, 5.74) is 2.92. The molecule has 1 amide bonds. The van der Waals surface area contributed by atoms with Crippen LogP contribution in [-0.4, -0.2) is 5.91 Å². The lowest BCUT2D eigenvalue weighted by Crippen LogP contribution is -2.22. The zero-order valence-electron chi connectivity index (χ0n) is 15.1. The Hall–Kier alpha value is -3.01. The molecule has 0 saturated heterocycles. The summed E-state index contributed by atoms with van der Waals surface area (Å²) in [6.45, 7) is 5.18. The average molecular weight is 349 g/mol. The predicted molar refractivity (Wildman–Crippen MR) is 101 cm³/mol. The maximum absolute atomic E-state index is 12.1.